The van der Waals surface area contributed by atoms with Gasteiger partial charge in [0.25, 0.3) is 0 Å². The Morgan fingerprint density at radius 1 is 1.12 bits per heavy atom. The van der Waals surface area contributed by atoms with E-state index in [9.17, 15) is 0 Å². The molecule has 0 fully saturated rings. The van der Waals surface area contributed by atoms with Gasteiger partial charge in [-0.1, -0.05) is 29.8 Å². The van der Waals surface area contributed by atoms with Crippen LogP contribution >= 0.6 is 22.9 Å². The van der Waals surface area contributed by atoms with Crippen molar-refractivity contribution in [2.75, 3.05) is 0 Å². The Morgan fingerprint density at radius 3 is 2.59 bits per heavy atom. The van der Waals surface area contributed by atoms with E-state index in [1.54, 1.807) is 11.3 Å². The summed E-state index contributed by atoms with van der Waals surface area (Å²) in [5, 5.41) is 6.48. The van der Waals surface area contributed by atoms with E-state index in [1.807, 2.05) is 18.2 Å². The fraction of sp³-hybridized carbons (Fsp3) is 0.286. The Hall–Kier alpha value is -0.830. The van der Waals surface area contributed by atoms with Gasteiger partial charge in [-0.25, -0.2) is 0 Å². The van der Waals surface area contributed by atoms with Gasteiger partial charge >= 0.3 is 0 Å². The van der Waals surface area contributed by atoms with E-state index in [-0.39, 0.29) is 0 Å². The fourth-order valence-corrected chi connectivity index (χ4v) is 2.81. The van der Waals surface area contributed by atoms with Crippen LogP contribution in [0.15, 0.2) is 41.8 Å². The van der Waals surface area contributed by atoms with E-state index < -0.39 is 0 Å². The molecule has 0 aliphatic carbocycles. The molecule has 2 unspecified atom stereocenters. The third-order valence-corrected chi connectivity index (χ3v) is 4.11. The molecule has 1 aromatic carbocycles. The highest BCUT2D eigenvalue weighted by molar-refractivity contribution is 7.10. The molecule has 0 amide bonds. The molecule has 17 heavy (non-hydrogen) atoms. The molecule has 0 aliphatic rings. The predicted molar refractivity (Wildman–Crippen MR) is 75.7 cm³/mol. The molecule has 1 N–H and O–H groups in total. The largest absolute Gasteiger partial charge is 0.303 e. The first-order valence-electron chi connectivity index (χ1n) is 5.71. The van der Waals surface area contributed by atoms with Crippen LogP contribution < -0.4 is 5.32 Å². The van der Waals surface area contributed by atoms with Crippen molar-refractivity contribution in [3.8, 4) is 0 Å². The van der Waals surface area contributed by atoms with E-state index in [2.05, 4.69) is 42.7 Å². The zero-order chi connectivity index (χ0) is 12.3. The second-order valence-corrected chi connectivity index (χ2v) is 5.60. The zero-order valence-corrected chi connectivity index (χ0v) is 11.6. The molecule has 2 rings (SSSR count). The number of hydrogen-bond donors (Lipinski definition) is 1. The Morgan fingerprint density at radius 2 is 1.94 bits per heavy atom. The average molecular weight is 266 g/mol. The van der Waals surface area contributed by atoms with Crippen LogP contribution in [0.4, 0.5) is 0 Å². The molecule has 1 heterocycles. The standard InChI is InChI=1S/C14H16ClNS/c1-10(12-5-3-6-13(15)9-12)16-11(2)14-7-4-8-17-14/h3-11,16H,1-2H3. The fourth-order valence-electron chi connectivity index (χ4n) is 1.87. The van der Waals surface area contributed by atoms with Crippen LogP contribution in [0.1, 0.15) is 36.4 Å². The minimum absolute atomic E-state index is 0.297. The van der Waals surface area contributed by atoms with Crippen LogP contribution in [0.25, 0.3) is 0 Å². The first kappa shape index (κ1) is 12.6. The second-order valence-electron chi connectivity index (χ2n) is 4.18. The number of thiophene rings is 1. The summed E-state index contributed by atoms with van der Waals surface area (Å²) in [6, 6.07) is 12.9. The van der Waals surface area contributed by atoms with E-state index >= 15 is 0 Å². The maximum absolute atomic E-state index is 6.00. The summed E-state index contributed by atoms with van der Waals surface area (Å²) in [5.41, 5.74) is 1.22. The van der Waals surface area contributed by atoms with Crippen LogP contribution in [-0.2, 0) is 0 Å². The van der Waals surface area contributed by atoms with Gasteiger partial charge in [0.05, 0.1) is 0 Å². The number of rotatable bonds is 4. The SMILES string of the molecule is CC(NC(C)c1cccs1)c1cccc(Cl)c1. The van der Waals surface area contributed by atoms with Crippen molar-refractivity contribution in [2.45, 2.75) is 25.9 Å². The lowest BCUT2D eigenvalue weighted by Crippen LogP contribution is -2.21. The predicted octanol–water partition coefficient (Wildman–Crippen LogP) is 4.81. The molecular weight excluding hydrogens is 250 g/mol. The van der Waals surface area contributed by atoms with Gasteiger partial charge in [0.15, 0.2) is 0 Å². The van der Waals surface area contributed by atoms with Gasteiger partial charge in [0.1, 0.15) is 0 Å². The Labute approximate surface area is 111 Å². The number of benzene rings is 1. The van der Waals surface area contributed by atoms with Crippen LogP contribution in [-0.4, -0.2) is 0 Å². The Kier molecular flexibility index (Phi) is 4.21. The number of hydrogen-bond acceptors (Lipinski definition) is 2. The van der Waals surface area contributed by atoms with Crippen molar-refractivity contribution in [3.63, 3.8) is 0 Å². The quantitative estimate of drug-likeness (QED) is 0.836. The van der Waals surface area contributed by atoms with Crippen molar-refractivity contribution in [1.82, 2.24) is 5.32 Å². The molecule has 1 aromatic heterocycles. The van der Waals surface area contributed by atoms with Gasteiger partial charge in [-0.05, 0) is 43.0 Å². The second kappa shape index (κ2) is 5.67. The molecular formula is C14H16ClNS. The number of halogens is 1. The molecule has 0 saturated heterocycles. The highest BCUT2D eigenvalue weighted by Gasteiger charge is 2.11. The van der Waals surface area contributed by atoms with Crippen molar-refractivity contribution < 1.29 is 0 Å². The summed E-state index contributed by atoms with van der Waals surface area (Å²) in [4.78, 5) is 1.36. The molecule has 0 saturated carbocycles. The summed E-state index contributed by atoms with van der Waals surface area (Å²) in [7, 11) is 0. The third kappa shape index (κ3) is 3.32. The van der Waals surface area contributed by atoms with Gasteiger partial charge in [0, 0.05) is 22.0 Å². The molecule has 0 bridgehead atoms. The summed E-state index contributed by atoms with van der Waals surface area (Å²) < 4.78 is 0. The molecule has 1 nitrogen and oxygen atoms in total. The molecule has 2 atom stereocenters. The highest BCUT2D eigenvalue weighted by Crippen LogP contribution is 2.23. The zero-order valence-electron chi connectivity index (χ0n) is 9.98. The van der Waals surface area contributed by atoms with Crippen molar-refractivity contribution >= 4 is 22.9 Å². The molecule has 0 radical (unpaired) electrons. The van der Waals surface area contributed by atoms with E-state index in [1.165, 1.54) is 10.4 Å². The first-order chi connectivity index (χ1) is 8.16. The minimum atomic E-state index is 0.297. The Bertz CT molecular complexity index is 467. The Balaban J connectivity index is 2.04. The van der Waals surface area contributed by atoms with E-state index in [0.29, 0.717) is 12.1 Å². The molecule has 3 heteroatoms. The monoisotopic (exact) mass is 265 g/mol. The van der Waals surface area contributed by atoms with Gasteiger partial charge < -0.3 is 5.32 Å². The van der Waals surface area contributed by atoms with Crippen LogP contribution in [0.2, 0.25) is 5.02 Å². The van der Waals surface area contributed by atoms with Crippen molar-refractivity contribution in [2.24, 2.45) is 0 Å². The average Bonchev–Trinajstić information content (AvgIpc) is 2.82. The first-order valence-corrected chi connectivity index (χ1v) is 6.97. The lowest BCUT2D eigenvalue weighted by Gasteiger charge is -2.19. The van der Waals surface area contributed by atoms with Crippen molar-refractivity contribution in [3.05, 3.63) is 57.2 Å². The van der Waals surface area contributed by atoms with Crippen molar-refractivity contribution in [1.29, 1.82) is 0 Å². The molecule has 0 spiro atoms. The maximum atomic E-state index is 6.00. The van der Waals surface area contributed by atoms with Gasteiger partial charge in [-0.15, -0.1) is 11.3 Å². The lowest BCUT2D eigenvalue weighted by atomic mass is 10.1. The van der Waals surface area contributed by atoms with Gasteiger partial charge in [0.2, 0.25) is 0 Å². The van der Waals surface area contributed by atoms with Crippen LogP contribution in [0.3, 0.4) is 0 Å². The maximum Gasteiger partial charge on any atom is 0.0409 e. The van der Waals surface area contributed by atoms with Crippen LogP contribution in [0.5, 0.6) is 0 Å². The summed E-state index contributed by atoms with van der Waals surface area (Å²) >= 11 is 7.78. The normalized spacial score (nSPS) is 14.5. The van der Waals surface area contributed by atoms with E-state index in [4.69, 9.17) is 11.6 Å². The molecule has 0 aliphatic heterocycles. The van der Waals surface area contributed by atoms with E-state index in [0.717, 1.165) is 5.02 Å². The smallest absolute Gasteiger partial charge is 0.0409 e. The minimum Gasteiger partial charge on any atom is -0.303 e. The van der Waals surface area contributed by atoms with Crippen LogP contribution in [0, 0.1) is 0 Å². The van der Waals surface area contributed by atoms with Gasteiger partial charge in [-0.3, -0.25) is 0 Å². The summed E-state index contributed by atoms with van der Waals surface area (Å²) in [6.07, 6.45) is 0. The highest BCUT2D eigenvalue weighted by atomic mass is 35.5. The summed E-state index contributed by atoms with van der Waals surface area (Å²) in [5.74, 6) is 0. The topological polar surface area (TPSA) is 12.0 Å². The summed E-state index contributed by atoms with van der Waals surface area (Å²) in [6.45, 7) is 4.35. The third-order valence-electron chi connectivity index (χ3n) is 2.82. The lowest BCUT2D eigenvalue weighted by molar-refractivity contribution is 0.500. The molecule has 2 aromatic rings. The number of nitrogens with one attached hydrogen (secondary N) is 1. The molecule has 90 valence electrons. The van der Waals surface area contributed by atoms with Gasteiger partial charge in [-0.2, -0.15) is 0 Å².